The number of hydrogen-bond acceptors (Lipinski definition) is 4. The average molecular weight is 329 g/mol. The first-order valence-corrected chi connectivity index (χ1v) is 7.47. The normalized spacial score (nSPS) is 15.4. The van der Waals surface area contributed by atoms with Crippen LogP contribution in [0.4, 0.5) is 0 Å². The van der Waals surface area contributed by atoms with Gasteiger partial charge in [-0.05, 0) is 25.3 Å². The van der Waals surface area contributed by atoms with Crippen LogP contribution in [0.1, 0.15) is 31.2 Å². The molecule has 0 bridgehead atoms. The van der Waals surface area contributed by atoms with Crippen molar-refractivity contribution in [2.45, 2.75) is 44.4 Å². The Morgan fingerprint density at radius 2 is 2.14 bits per heavy atom. The molecular formula is C16H25ClN2O3. The number of carbonyl (C=O) groups excluding carboxylic acids is 1. The molecule has 0 saturated heterocycles. The van der Waals surface area contributed by atoms with Gasteiger partial charge in [-0.15, -0.1) is 12.4 Å². The Labute approximate surface area is 138 Å². The Hall–Kier alpha value is -1.30. The monoisotopic (exact) mass is 328 g/mol. The number of benzene rings is 1. The Morgan fingerprint density at radius 1 is 1.41 bits per heavy atom. The molecule has 5 nitrogen and oxygen atoms in total. The van der Waals surface area contributed by atoms with E-state index in [1.807, 2.05) is 24.3 Å². The van der Waals surface area contributed by atoms with Crippen molar-refractivity contribution >= 4 is 18.3 Å². The minimum absolute atomic E-state index is 0. The maximum Gasteiger partial charge on any atom is 0.222 e. The van der Waals surface area contributed by atoms with Gasteiger partial charge in [-0.3, -0.25) is 4.79 Å². The minimum atomic E-state index is -0.230. The summed E-state index contributed by atoms with van der Waals surface area (Å²) in [5, 5.41) is 2.89. The lowest BCUT2D eigenvalue weighted by Crippen LogP contribution is -2.32. The van der Waals surface area contributed by atoms with Crippen molar-refractivity contribution in [1.82, 2.24) is 5.32 Å². The highest BCUT2D eigenvalue weighted by atomic mass is 35.5. The molecule has 1 aliphatic carbocycles. The van der Waals surface area contributed by atoms with E-state index in [-0.39, 0.29) is 30.8 Å². The van der Waals surface area contributed by atoms with Crippen molar-refractivity contribution in [3.8, 4) is 5.75 Å². The summed E-state index contributed by atoms with van der Waals surface area (Å²) in [4.78, 5) is 11.9. The van der Waals surface area contributed by atoms with E-state index in [9.17, 15) is 4.79 Å². The third kappa shape index (κ3) is 5.48. The lowest BCUT2D eigenvalue weighted by Gasteiger charge is -2.27. The fourth-order valence-corrected chi connectivity index (χ4v) is 2.17. The van der Waals surface area contributed by atoms with E-state index in [1.165, 1.54) is 6.42 Å². The second-order valence-corrected chi connectivity index (χ2v) is 5.35. The first-order valence-electron chi connectivity index (χ1n) is 7.47. The number of methoxy groups -OCH3 is 1. The summed E-state index contributed by atoms with van der Waals surface area (Å²) in [6.45, 7) is 0.800. The molecule has 1 fully saturated rings. The van der Waals surface area contributed by atoms with E-state index in [1.54, 1.807) is 7.11 Å². The SMILES string of the molecule is COC(CN)CC(=O)NCc1ccccc1OC1CCC1.Cl. The maximum absolute atomic E-state index is 11.9. The molecule has 3 N–H and O–H groups in total. The van der Waals surface area contributed by atoms with Gasteiger partial charge in [0, 0.05) is 25.8 Å². The van der Waals surface area contributed by atoms with Crippen LogP contribution in [0, 0.1) is 0 Å². The topological polar surface area (TPSA) is 73.6 Å². The van der Waals surface area contributed by atoms with Crippen LogP contribution < -0.4 is 15.8 Å². The van der Waals surface area contributed by atoms with Gasteiger partial charge in [0.2, 0.25) is 5.91 Å². The molecule has 0 spiro atoms. The van der Waals surface area contributed by atoms with E-state index in [4.69, 9.17) is 15.2 Å². The fourth-order valence-electron chi connectivity index (χ4n) is 2.17. The van der Waals surface area contributed by atoms with E-state index in [0.29, 0.717) is 19.2 Å². The number of para-hydroxylation sites is 1. The Morgan fingerprint density at radius 3 is 2.73 bits per heavy atom. The van der Waals surface area contributed by atoms with Gasteiger partial charge in [0.1, 0.15) is 5.75 Å². The second-order valence-electron chi connectivity index (χ2n) is 5.35. The van der Waals surface area contributed by atoms with Crippen LogP contribution in [-0.2, 0) is 16.1 Å². The van der Waals surface area contributed by atoms with E-state index in [0.717, 1.165) is 24.2 Å². The van der Waals surface area contributed by atoms with Crippen LogP contribution in [0.5, 0.6) is 5.75 Å². The van der Waals surface area contributed by atoms with Gasteiger partial charge >= 0.3 is 0 Å². The zero-order valence-corrected chi connectivity index (χ0v) is 13.7. The lowest BCUT2D eigenvalue weighted by molar-refractivity contribution is -0.123. The number of nitrogens with two attached hydrogens (primary N) is 1. The smallest absolute Gasteiger partial charge is 0.222 e. The predicted octanol–water partition coefficient (Wildman–Crippen LogP) is 2.02. The van der Waals surface area contributed by atoms with Gasteiger partial charge in [-0.2, -0.15) is 0 Å². The molecule has 1 unspecified atom stereocenters. The summed E-state index contributed by atoms with van der Waals surface area (Å²) in [5.74, 6) is 0.801. The van der Waals surface area contributed by atoms with Crippen LogP contribution in [-0.4, -0.2) is 31.8 Å². The quantitative estimate of drug-likeness (QED) is 0.765. The molecule has 22 heavy (non-hydrogen) atoms. The Bertz CT molecular complexity index is 462. The van der Waals surface area contributed by atoms with Crippen molar-refractivity contribution in [1.29, 1.82) is 0 Å². The molecule has 124 valence electrons. The zero-order valence-electron chi connectivity index (χ0n) is 12.9. The van der Waals surface area contributed by atoms with Crippen molar-refractivity contribution in [3.05, 3.63) is 29.8 Å². The van der Waals surface area contributed by atoms with Crippen LogP contribution in [0.3, 0.4) is 0 Å². The molecule has 0 heterocycles. The van der Waals surface area contributed by atoms with E-state index < -0.39 is 0 Å². The predicted molar refractivity (Wildman–Crippen MR) is 88.3 cm³/mol. The Kier molecular flexibility index (Phi) is 8.24. The molecule has 0 radical (unpaired) electrons. The van der Waals surface area contributed by atoms with Crippen LogP contribution in [0.2, 0.25) is 0 Å². The van der Waals surface area contributed by atoms with Crippen LogP contribution >= 0.6 is 12.4 Å². The lowest BCUT2D eigenvalue weighted by atomic mass is 9.96. The van der Waals surface area contributed by atoms with Crippen LogP contribution in [0.25, 0.3) is 0 Å². The number of hydrogen-bond donors (Lipinski definition) is 2. The summed E-state index contributed by atoms with van der Waals surface area (Å²) in [5.41, 5.74) is 6.51. The number of ether oxygens (including phenoxy) is 2. The molecular weight excluding hydrogens is 304 g/mol. The zero-order chi connectivity index (χ0) is 15.1. The molecule has 1 saturated carbocycles. The molecule has 0 aromatic heterocycles. The highest BCUT2D eigenvalue weighted by molar-refractivity contribution is 5.85. The van der Waals surface area contributed by atoms with Crippen LogP contribution in [0.15, 0.2) is 24.3 Å². The first-order chi connectivity index (χ1) is 10.2. The summed E-state index contributed by atoms with van der Waals surface area (Å²) >= 11 is 0. The van der Waals surface area contributed by atoms with Gasteiger partial charge in [-0.25, -0.2) is 0 Å². The number of amides is 1. The highest BCUT2D eigenvalue weighted by Crippen LogP contribution is 2.27. The highest BCUT2D eigenvalue weighted by Gasteiger charge is 2.20. The molecule has 1 aromatic rings. The van der Waals surface area contributed by atoms with Crippen molar-refractivity contribution in [2.75, 3.05) is 13.7 Å². The Balaban J connectivity index is 0.00000242. The molecule has 2 rings (SSSR count). The molecule has 1 amide bonds. The van der Waals surface area contributed by atoms with Crippen molar-refractivity contribution in [2.24, 2.45) is 5.73 Å². The van der Waals surface area contributed by atoms with Gasteiger partial charge in [-0.1, -0.05) is 18.2 Å². The summed E-state index contributed by atoms with van der Waals surface area (Å²) in [6.07, 6.45) is 3.85. The van der Waals surface area contributed by atoms with Crippen molar-refractivity contribution < 1.29 is 14.3 Å². The largest absolute Gasteiger partial charge is 0.490 e. The molecule has 0 aliphatic heterocycles. The molecule has 6 heteroatoms. The average Bonchev–Trinajstić information content (AvgIpc) is 2.47. The van der Waals surface area contributed by atoms with Gasteiger partial charge in [0.15, 0.2) is 0 Å². The standard InChI is InChI=1S/C16H24N2O3.ClH/c1-20-14(10-17)9-16(19)18-11-12-5-2-3-8-15(12)21-13-6-4-7-13;/h2-3,5,8,13-14H,4,6-7,9-11,17H2,1H3,(H,18,19);1H. The maximum atomic E-state index is 11.9. The van der Waals surface area contributed by atoms with E-state index in [2.05, 4.69) is 5.32 Å². The van der Waals surface area contributed by atoms with E-state index >= 15 is 0 Å². The first kappa shape index (κ1) is 18.7. The van der Waals surface area contributed by atoms with Gasteiger partial charge in [0.25, 0.3) is 0 Å². The van der Waals surface area contributed by atoms with Gasteiger partial charge in [0.05, 0.1) is 18.6 Å². The minimum Gasteiger partial charge on any atom is -0.490 e. The summed E-state index contributed by atoms with van der Waals surface area (Å²) < 4.78 is 11.1. The third-order valence-corrected chi connectivity index (χ3v) is 3.80. The number of halogens is 1. The molecule has 1 atom stereocenters. The molecule has 1 aliphatic rings. The number of nitrogens with one attached hydrogen (secondary N) is 1. The second kappa shape index (κ2) is 9.66. The summed E-state index contributed by atoms with van der Waals surface area (Å²) in [6, 6.07) is 7.84. The number of rotatable bonds is 8. The molecule has 1 aromatic carbocycles. The fraction of sp³-hybridized carbons (Fsp3) is 0.562. The summed E-state index contributed by atoms with van der Waals surface area (Å²) in [7, 11) is 1.56. The van der Waals surface area contributed by atoms with Crippen molar-refractivity contribution in [3.63, 3.8) is 0 Å². The third-order valence-electron chi connectivity index (χ3n) is 3.80. The van der Waals surface area contributed by atoms with Gasteiger partial charge < -0.3 is 20.5 Å². The number of carbonyl (C=O) groups is 1.